The van der Waals surface area contributed by atoms with Crippen LogP contribution in [-0.4, -0.2) is 9.78 Å². The highest BCUT2D eigenvalue weighted by Gasteiger charge is 2.20. The summed E-state index contributed by atoms with van der Waals surface area (Å²) in [5, 5.41) is 4.63. The summed E-state index contributed by atoms with van der Waals surface area (Å²) in [6.07, 6.45) is 18.4. The fraction of sp³-hybridized carbons (Fsp3) is 0.800. The molecule has 0 amide bonds. The van der Waals surface area contributed by atoms with Crippen LogP contribution in [-0.2, 0) is 0 Å². The van der Waals surface area contributed by atoms with Crippen LogP contribution >= 0.6 is 0 Å². The van der Waals surface area contributed by atoms with E-state index in [-0.39, 0.29) is 0 Å². The molecule has 0 unspecified atom stereocenters. The van der Waals surface area contributed by atoms with Crippen LogP contribution in [0.25, 0.3) is 0 Å². The number of hydrogen-bond donors (Lipinski definition) is 0. The second-order valence-electron chi connectivity index (χ2n) is 5.88. The Morgan fingerprint density at radius 2 is 1.53 bits per heavy atom. The van der Waals surface area contributed by atoms with E-state index in [9.17, 15) is 0 Å². The molecule has 0 N–H and O–H groups in total. The Balaban J connectivity index is 1.68. The molecule has 2 aliphatic carbocycles. The first-order valence-electron chi connectivity index (χ1n) is 7.47. The molecule has 0 bridgehead atoms. The summed E-state index contributed by atoms with van der Waals surface area (Å²) in [4.78, 5) is 0. The Labute approximate surface area is 104 Å². The van der Waals surface area contributed by atoms with Crippen molar-refractivity contribution in [1.82, 2.24) is 9.78 Å². The molecule has 3 rings (SSSR count). The molecule has 2 heteroatoms. The lowest BCUT2D eigenvalue weighted by Gasteiger charge is -2.22. The maximum absolute atomic E-state index is 4.63. The van der Waals surface area contributed by atoms with E-state index in [1.54, 1.807) is 0 Å². The van der Waals surface area contributed by atoms with Crippen LogP contribution < -0.4 is 0 Å². The second kappa shape index (κ2) is 5.24. The van der Waals surface area contributed by atoms with Crippen molar-refractivity contribution < 1.29 is 0 Å². The first-order chi connectivity index (χ1) is 8.43. The summed E-state index contributed by atoms with van der Waals surface area (Å²) < 4.78 is 2.27. The van der Waals surface area contributed by atoms with Crippen molar-refractivity contribution in [3.63, 3.8) is 0 Å². The first-order valence-corrected chi connectivity index (χ1v) is 7.47. The van der Waals surface area contributed by atoms with Crippen LogP contribution in [0.2, 0.25) is 0 Å². The molecule has 2 saturated carbocycles. The van der Waals surface area contributed by atoms with Gasteiger partial charge in [0.25, 0.3) is 0 Å². The second-order valence-corrected chi connectivity index (χ2v) is 5.88. The van der Waals surface area contributed by atoms with Gasteiger partial charge in [-0.15, -0.1) is 0 Å². The molecule has 2 aliphatic rings. The van der Waals surface area contributed by atoms with Gasteiger partial charge in [-0.25, -0.2) is 0 Å². The van der Waals surface area contributed by atoms with E-state index in [1.165, 1.54) is 69.8 Å². The predicted molar refractivity (Wildman–Crippen MR) is 70.2 cm³/mol. The molecule has 0 radical (unpaired) electrons. The van der Waals surface area contributed by atoms with Crippen molar-refractivity contribution in [2.45, 2.75) is 76.2 Å². The number of nitrogens with zero attached hydrogens (tertiary/aromatic N) is 2. The predicted octanol–water partition coefficient (Wildman–Crippen LogP) is 4.44. The summed E-state index contributed by atoms with van der Waals surface area (Å²) in [6, 6.07) is 0.695. The lowest BCUT2D eigenvalue weighted by atomic mass is 9.85. The third kappa shape index (κ3) is 2.56. The van der Waals surface area contributed by atoms with Gasteiger partial charge < -0.3 is 0 Å². The Morgan fingerprint density at radius 1 is 0.882 bits per heavy atom. The van der Waals surface area contributed by atoms with Crippen molar-refractivity contribution in [2.24, 2.45) is 0 Å². The Hall–Kier alpha value is -0.790. The summed E-state index contributed by atoms with van der Waals surface area (Å²) in [6.45, 7) is 0. The molecule has 0 atom stereocenters. The zero-order valence-corrected chi connectivity index (χ0v) is 10.8. The first kappa shape index (κ1) is 11.3. The Bertz CT molecular complexity index is 311. The highest BCUT2D eigenvalue weighted by atomic mass is 15.3. The monoisotopic (exact) mass is 232 g/mol. The quantitative estimate of drug-likeness (QED) is 0.737. The molecule has 0 aliphatic heterocycles. The van der Waals surface area contributed by atoms with Crippen LogP contribution in [0, 0.1) is 0 Å². The van der Waals surface area contributed by atoms with Gasteiger partial charge in [0.05, 0.1) is 12.2 Å². The van der Waals surface area contributed by atoms with Gasteiger partial charge in [-0.3, -0.25) is 4.68 Å². The molecule has 17 heavy (non-hydrogen) atoms. The molecule has 0 spiro atoms. The Morgan fingerprint density at radius 3 is 2.24 bits per heavy atom. The van der Waals surface area contributed by atoms with Crippen LogP contribution in [0.5, 0.6) is 0 Å². The molecular weight excluding hydrogens is 208 g/mol. The van der Waals surface area contributed by atoms with E-state index >= 15 is 0 Å². The van der Waals surface area contributed by atoms with E-state index in [1.807, 2.05) is 0 Å². The topological polar surface area (TPSA) is 17.8 Å². The van der Waals surface area contributed by atoms with Crippen LogP contribution in [0.4, 0.5) is 0 Å². The van der Waals surface area contributed by atoms with Crippen molar-refractivity contribution in [3.8, 4) is 0 Å². The minimum absolute atomic E-state index is 0.695. The smallest absolute Gasteiger partial charge is 0.0524 e. The number of hydrogen-bond acceptors (Lipinski definition) is 1. The van der Waals surface area contributed by atoms with Crippen molar-refractivity contribution in [1.29, 1.82) is 0 Å². The minimum atomic E-state index is 0.695. The van der Waals surface area contributed by atoms with Gasteiger partial charge >= 0.3 is 0 Å². The van der Waals surface area contributed by atoms with Gasteiger partial charge in [0.15, 0.2) is 0 Å². The van der Waals surface area contributed by atoms with Gasteiger partial charge in [-0.05, 0) is 37.2 Å². The van der Waals surface area contributed by atoms with E-state index in [2.05, 4.69) is 22.2 Å². The highest BCUT2D eigenvalue weighted by molar-refractivity contribution is 5.12. The summed E-state index contributed by atoms with van der Waals surface area (Å²) in [5.41, 5.74) is 1.51. The van der Waals surface area contributed by atoms with Crippen molar-refractivity contribution in [3.05, 3.63) is 18.0 Å². The lowest BCUT2D eigenvalue weighted by molar-refractivity contribution is 0.329. The maximum Gasteiger partial charge on any atom is 0.0524 e. The molecule has 1 aromatic heterocycles. The normalized spacial score (nSPS) is 24.0. The summed E-state index contributed by atoms with van der Waals surface area (Å²) in [5.74, 6) is 0.807. The number of aromatic nitrogens is 2. The SMILES string of the molecule is c1nn(C2CCCCC2)cc1C1CCCCC1. The molecule has 0 saturated heterocycles. The molecular formula is C15H24N2. The fourth-order valence-corrected chi connectivity index (χ4v) is 3.54. The maximum atomic E-state index is 4.63. The zero-order chi connectivity index (χ0) is 11.5. The molecule has 2 fully saturated rings. The van der Waals surface area contributed by atoms with Crippen molar-refractivity contribution >= 4 is 0 Å². The fourth-order valence-electron chi connectivity index (χ4n) is 3.54. The van der Waals surface area contributed by atoms with Crippen LogP contribution in [0.15, 0.2) is 12.4 Å². The molecule has 1 heterocycles. The third-order valence-electron chi connectivity index (χ3n) is 4.65. The van der Waals surface area contributed by atoms with Crippen LogP contribution in [0.3, 0.4) is 0 Å². The number of rotatable bonds is 2. The summed E-state index contributed by atoms with van der Waals surface area (Å²) in [7, 11) is 0. The molecule has 2 nitrogen and oxygen atoms in total. The average Bonchev–Trinajstić information content (AvgIpc) is 2.90. The average molecular weight is 232 g/mol. The largest absolute Gasteiger partial charge is 0.269 e. The van der Waals surface area contributed by atoms with Crippen molar-refractivity contribution in [2.75, 3.05) is 0 Å². The Kier molecular flexibility index (Phi) is 3.49. The lowest BCUT2D eigenvalue weighted by Crippen LogP contribution is -2.13. The molecule has 94 valence electrons. The van der Waals surface area contributed by atoms with E-state index in [0.29, 0.717) is 6.04 Å². The summed E-state index contributed by atoms with van der Waals surface area (Å²) >= 11 is 0. The van der Waals surface area contributed by atoms with Crippen LogP contribution in [0.1, 0.15) is 81.7 Å². The van der Waals surface area contributed by atoms with Gasteiger partial charge in [0.2, 0.25) is 0 Å². The van der Waals surface area contributed by atoms with Gasteiger partial charge in [0.1, 0.15) is 0 Å². The molecule has 1 aromatic rings. The zero-order valence-electron chi connectivity index (χ0n) is 10.8. The van der Waals surface area contributed by atoms with E-state index in [4.69, 9.17) is 0 Å². The molecule has 0 aromatic carbocycles. The highest BCUT2D eigenvalue weighted by Crippen LogP contribution is 2.34. The van der Waals surface area contributed by atoms with Gasteiger partial charge in [-0.2, -0.15) is 5.10 Å². The van der Waals surface area contributed by atoms with Gasteiger partial charge in [0, 0.05) is 6.20 Å². The third-order valence-corrected chi connectivity index (χ3v) is 4.65. The standard InChI is InChI=1S/C15H24N2/c1-3-7-13(8-4-1)14-11-16-17(12-14)15-9-5-2-6-10-15/h11-13,15H,1-10H2. The van der Waals surface area contributed by atoms with E-state index < -0.39 is 0 Å². The van der Waals surface area contributed by atoms with E-state index in [0.717, 1.165) is 5.92 Å². The minimum Gasteiger partial charge on any atom is -0.269 e. The van der Waals surface area contributed by atoms with Gasteiger partial charge in [-0.1, -0.05) is 38.5 Å².